The van der Waals surface area contributed by atoms with Crippen LogP contribution in [0.5, 0.6) is 0 Å². The van der Waals surface area contributed by atoms with E-state index >= 15 is 0 Å². The number of benzene rings is 1. The average Bonchev–Trinajstić information content (AvgIpc) is 2.78. The van der Waals surface area contributed by atoms with Gasteiger partial charge in [-0.3, -0.25) is 9.59 Å². The van der Waals surface area contributed by atoms with Crippen LogP contribution in [0.3, 0.4) is 0 Å². The van der Waals surface area contributed by atoms with E-state index in [1.165, 1.54) is 0 Å². The quantitative estimate of drug-likeness (QED) is 0.689. The van der Waals surface area contributed by atoms with Gasteiger partial charge in [-0.2, -0.15) is 0 Å². The second-order valence-electron chi connectivity index (χ2n) is 5.34. The molecule has 6 nitrogen and oxygen atoms in total. The summed E-state index contributed by atoms with van der Waals surface area (Å²) in [4.78, 5) is 24.8. The number of ketones is 1. The zero-order valence-corrected chi connectivity index (χ0v) is 12.7. The minimum atomic E-state index is -0.302. The molecule has 0 saturated heterocycles. The molecule has 0 aliphatic carbocycles. The first-order chi connectivity index (χ1) is 10.5. The molecule has 2 heterocycles. The van der Waals surface area contributed by atoms with Gasteiger partial charge in [-0.15, -0.1) is 5.10 Å². The molecule has 2 aromatic heterocycles. The van der Waals surface area contributed by atoms with Crippen LogP contribution in [-0.2, 0) is 13.6 Å². The summed E-state index contributed by atoms with van der Waals surface area (Å²) in [5.74, 6) is -0.145. The summed E-state index contributed by atoms with van der Waals surface area (Å²) in [6, 6.07) is 8.80. The van der Waals surface area contributed by atoms with Crippen LogP contribution < -0.4 is 5.56 Å². The molecule has 0 saturated carbocycles. The maximum absolute atomic E-state index is 12.4. The smallest absolute Gasteiger partial charge is 0.278 e. The van der Waals surface area contributed by atoms with Crippen molar-refractivity contribution in [2.45, 2.75) is 20.4 Å². The van der Waals surface area contributed by atoms with Crippen LogP contribution in [-0.4, -0.2) is 25.3 Å². The van der Waals surface area contributed by atoms with Gasteiger partial charge in [0, 0.05) is 24.0 Å². The lowest BCUT2D eigenvalue weighted by atomic mass is 10.1. The van der Waals surface area contributed by atoms with Gasteiger partial charge >= 0.3 is 0 Å². The van der Waals surface area contributed by atoms with Crippen LogP contribution in [0.25, 0.3) is 10.9 Å². The third-order valence-electron chi connectivity index (χ3n) is 4.00. The Morgan fingerprint density at radius 1 is 1.23 bits per heavy atom. The molecule has 112 valence electrons. The Labute approximate surface area is 127 Å². The lowest BCUT2D eigenvalue weighted by Gasteiger charge is -2.05. The molecule has 0 N–H and O–H groups in total. The zero-order valence-electron chi connectivity index (χ0n) is 12.7. The second-order valence-corrected chi connectivity index (χ2v) is 5.34. The number of nitrogens with zero attached hydrogens (tertiary/aromatic N) is 4. The van der Waals surface area contributed by atoms with Crippen LogP contribution in [0.2, 0.25) is 0 Å². The molecule has 0 atom stereocenters. The summed E-state index contributed by atoms with van der Waals surface area (Å²) >= 11 is 0. The fraction of sp³-hybridized carbons (Fsp3) is 0.250. The summed E-state index contributed by atoms with van der Waals surface area (Å²) in [5, 5.41) is 8.31. The number of rotatable bonds is 3. The van der Waals surface area contributed by atoms with E-state index in [1.807, 2.05) is 31.5 Å². The number of hydrogen-bond acceptors (Lipinski definition) is 4. The highest BCUT2D eigenvalue weighted by molar-refractivity contribution is 5.97. The molecule has 0 bridgehead atoms. The van der Waals surface area contributed by atoms with Gasteiger partial charge in [0.1, 0.15) is 12.1 Å². The topological polar surface area (TPSA) is 69.8 Å². The number of aromatic nitrogens is 4. The molecule has 6 heteroatoms. The molecular formula is C16H16N4O2. The lowest BCUT2D eigenvalue weighted by molar-refractivity contribution is 0.0964. The van der Waals surface area contributed by atoms with Gasteiger partial charge < -0.3 is 4.57 Å². The van der Waals surface area contributed by atoms with Crippen molar-refractivity contribution in [3.63, 3.8) is 0 Å². The molecule has 0 amide bonds. The zero-order chi connectivity index (χ0) is 15.9. The van der Waals surface area contributed by atoms with Gasteiger partial charge in [0.2, 0.25) is 0 Å². The molecule has 0 fully saturated rings. The van der Waals surface area contributed by atoms with Gasteiger partial charge in [-0.1, -0.05) is 17.3 Å². The third kappa shape index (κ3) is 2.22. The Morgan fingerprint density at radius 2 is 1.95 bits per heavy atom. The van der Waals surface area contributed by atoms with Crippen molar-refractivity contribution in [2.75, 3.05) is 0 Å². The predicted octanol–water partition coefficient (Wildman–Crippen LogP) is 1.63. The first kappa shape index (κ1) is 14.2. The van der Waals surface area contributed by atoms with Gasteiger partial charge in [-0.05, 0) is 32.0 Å². The number of aryl methyl sites for hydroxylation is 1. The molecule has 3 rings (SSSR count). The molecule has 0 unspecified atom stereocenters. The van der Waals surface area contributed by atoms with E-state index in [4.69, 9.17) is 0 Å². The summed E-state index contributed by atoms with van der Waals surface area (Å²) in [6.07, 6.45) is 0. The van der Waals surface area contributed by atoms with E-state index in [-0.39, 0.29) is 17.9 Å². The number of hydrogen-bond donors (Lipinski definition) is 0. The average molecular weight is 296 g/mol. The van der Waals surface area contributed by atoms with E-state index < -0.39 is 0 Å². The van der Waals surface area contributed by atoms with Crippen molar-refractivity contribution < 1.29 is 4.79 Å². The molecule has 22 heavy (non-hydrogen) atoms. The highest BCUT2D eigenvalue weighted by Gasteiger charge is 2.16. The van der Waals surface area contributed by atoms with Gasteiger partial charge in [0.15, 0.2) is 5.78 Å². The van der Waals surface area contributed by atoms with E-state index in [0.29, 0.717) is 16.5 Å². The Morgan fingerprint density at radius 3 is 2.64 bits per heavy atom. The largest absolute Gasteiger partial charge is 0.351 e. The third-order valence-corrected chi connectivity index (χ3v) is 4.00. The SMILES string of the molecule is Cc1cc(C(=O)Cn2nnc3ccccc3c2=O)c(C)n1C. The van der Waals surface area contributed by atoms with E-state index in [1.54, 1.807) is 24.3 Å². The van der Waals surface area contributed by atoms with Crippen molar-refractivity contribution >= 4 is 16.7 Å². The fourth-order valence-corrected chi connectivity index (χ4v) is 2.49. The van der Waals surface area contributed by atoms with Crippen LogP contribution in [0, 0.1) is 13.8 Å². The minimum Gasteiger partial charge on any atom is -0.351 e. The number of carbonyl (C=O) groups excluding carboxylic acids is 1. The summed E-state index contributed by atoms with van der Waals surface area (Å²) in [7, 11) is 1.91. The molecule has 0 aliphatic rings. The van der Waals surface area contributed by atoms with E-state index in [2.05, 4.69) is 10.3 Å². The molecular weight excluding hydrogens is 280 g/mol. The molecule has 1 aromatic carbocycles. The summed E-state index contributed by atoms with van der Waals surface area (Å²) in [5.41, 5.74) is 2.72. The fourth-order valence-electron chi connectivity index (χ4n) is 2.49. The van der Waals surface area contributed by atoms with Crippen molar-refractivity contribution in [3.8, 4) is 0 Å². The standard InChI is InChI=1S/C16H16N4O2/c1-10-8-13(11(2)19(10)3)15(21)9-20-16(22)12-6-4-5-7-14(12)17-18-20/h4-8H,9H2,1-3H3. The van der Waals surface area contributed by atoms with E-state index in [9.17, 15) is 9.59 Å². The summed E-state index contributed by atoms with van der Waals surface area (Å²) < 4.78 is 3.06. The molecule has 0 spiro atoms. The highest BCUT2D eigenvalue weighted by atomic mass is 16.1. The predicted molar refractivity (Wildman–Crippen MR) is 83.0 cm³/mol. The summed E-state index contributed by atoms with van der Waals surface area (Å²) in [6.45, 7) is 3.71. The van der Waals surface area contributed by atoms with Crippen LogP contribution in [0.4, 0.5) is 0 Å². The Kier molecular flexibility index (Phi) is 3.36. The van der Waals surface area contributed by atoms with Crippen LogP contribution in [0.1, 0.15) is 21.7 Å². The molecule has 0 radical (unpaired) electrons. The minimum absolute atomic E-state index is 0.110. The maximum Gasteiger partial charge on any atom is 0.278 e. The number of fused-ring (bicyclic) bond motifs is 1. The van der Waals surface area contributed by atoms with Gasteiger partial charge in [0.25, 0.3) is 5.56 Å². The normalized spacial score (nSPS) is 11.0. The Hall–Kier alpha value is -2.76. The van der Waals surface area contributed by atoms with Gasteiger partial charge in [0.05, 0.1) is 5.39 Å². The lowest BCUT2D eigenvalue weighted by Crippen LogP contribution is -2.28. The molecule has 3 aromatic rings. The van der Waals surface area contributed by atoms with Crippen molar-refractivity contribution in [3.05, 3.63) is 57.6 Å². The van der Waals surface area contributed by atoms with Crippen LogP contribution in [0.15, 0.2) is 35.1 Å². The van der Waals surface area contributed by atoms with Crippen LogP contribution >= 0.6 is 0 Å². The van der Waals surface area contributed by atoms with Gasteiger partial charge in [-0.25, -0.2) is 4.68 Å². The molecule has 0 aliphatic heterocycles. The first-order valence-electron chi connectivity index (χ1n) is 6.97. The first-order valence-corrected chi connectivity index (χ1v) is 6.97. The Bertz CT molecular complexity index is 937. The maximum atomic E-state index is 12.4. The van der Waals surface area contributed by atoms with Crippen molar-refractivity contribution in [1.82, 2.24) is 19.6 Å². The number of Topliss-reactive ketones (excluding diaryl/α,β-unsaturated/α-hetero) is 1. The highest BCUT2D eigenvalue weighted by Crippen LogP contribution is 2.14. The van der Waals surface area contributed by atoms with E-state index in [0.717, 1.165) is 16.1 Å². The second kappa shape index (κ2) is 5.22. The number of carbonyl (C=O) groups is 1. The monoisotopic (exact) mass is 296 g/mol. The van der Waals surface area contributed by atoms with Crippen molar-refractivity contribution in [1.29, 1.82) is 0 Å². The Balaban J connectivity index is 1.99. The van der Waals surface area contributed by atoms with Crippen molar-refractivity contribution in [2.24, 2.45) is 7.05 Å².